The summed E-state index contributed by atoms with van der Waals surface area (Å²) in [6.07, 6.45) is 0.764. The molecule has 1 fully saturated rings. The van der Waals surface area contributed by atoms with Crippen LogP contribution in [0.2, 0.25) is 0 Å². The van der Waals surface area contributed by atoms with Crippen molar-refractivity contribution in [2.75, 3.05) is 38.1 Å². The third-order valence-electron chi connectivity index (χ3n) is 3.38. The zero-order chi connectivity index (χ0) is 14.5. The summed E-state index contributed by atoms with van der Waals surface area (Å²) in [6, 6.07) is 9.02. The molecule has 1 aliphatic heterocycles. The summed E-state index contributed by atoms with van der Waals surface area (Å²) in [4.78, 5) is 39.3. The Morgan fingerprint density at radius 1 is 1.10 bits per heavy atom. The molecule has 6 nitrogen and oxygen atoms in total. The van der Waals surface area contributed by atoms with Gasteiger partial charge < -0.3 is 14.7 Å². The Morgan fingerprint density at radius 2 is 1.70 bits per heavy atom. The molecule has 0 N–H and O–H groups in total. The Morgan fingerprint density at radius 3 is 2.25 bits per heavy atom. The maximum Gasteiger partial charge on any atom is 0.316 e. The van der Waals surface area contributed by atoms with Gasteiger partial charge in [-0.3, -0.25) is 14.4 Å². The molecule has 0 aromatic heterocycles. The highest BCUT2D eigenvalue weighted by Crippen LogP contribution is 2.12. The van der Waals surface area contributed by atoms with E-state index in [2.05, 4.69) is 0 Å². The molecule has 1 aromatic carbocycles. The number of anilines is 1. The van der Waals surface area contributed by atoms with Gasteiger partial charge in [0.15, 0.2) is 0 Å². The molecule has 3 amide bonds. The fourth-order valence-electron chi connectivity index (χ4n) is 2.08. The summed E-state index contributed by atoms with van der Waals surface area (Å²) < 4.78 is 0. The van der Waals surface area contributed by atoms with Crippen molar-refractivity contribution in [3.63, 3.8) is 0 Å². The number of nitrogens with zero attached hydrogens (tertiary/aromatic N) is 3. The van der Waals surface area contributed by atoms with E-state index in [1.54, 1.807) is 24.1 Å². The van der Waals surface area contributed by atoms with Crippen LogP contribution in [0.1, 0.15) is 0 Å². The maximum atomic E-state index is 12.1. The Bertz CT molecular complexity index is 496. The number of hydrogen-bond acceptors (Lipinski definition) is 3. The lowest BCUT2D eigenvalue weighted by Crippen LogP contribution is -2.52. The van der Waals surface area contributed by atoms with Gasteiger partial charge in [0, 0.05) is 38.9 Å². The van der Waals surface area contributed by atoms with Gasteiger partial charge in [-0.2, -0.15) is 0 Å². The summed E-state index contributed by atoms with van der Waals surface area (Å²) in [6.45, 7) is 1.73. The quantitative estimate of drug-likeness (QED) is 0.561. The van der Waals surface area contributed by atoms with Crippen molar-refractivity contribution < 1.29 is 14.4 Å². The largest absolute Gasteiger partial charge is 0.342 e. The molecule has 106 valence electrons. The van der Waals surface area contributed by atoms with E-state index in [0.717, 1.165) is 6.41 Å². The number of rotatable bonds is 2. The Kier molecular flexibility index (Phi) is 4.34. The molecule has 0 bridgehead atoms. The van der Waals surface area contributed by atoms with Crippen molar-refractivity contribution in [3.8, 4) is 0 Å². The fourth-order valence-corrected chi connectivity index (χ4v) is 2.08. The van der Waals surface area contributed by atoms with E-state index in [1.807, 2.05) is 18.2 Å². The van der Waals surface area contributed by atoms with Crippen LogP contribution in [0.4, 0.5) is 5.69 Å². The zero-order valence-corrected chi connectivity index (χ0v) is 11.4. The molecule has 0 spiro atoms. The number of piperazine rings is 1. The average Bonchev–Trinajstić information content (AvgIpc) is 2.53. The molecule has 6 heteroatoms. The zero-order valence-electron chi connectivity index (χ0n) is 11.4. The third-order valence-corrected chi connectivity index (χ3v) is 3.38. The molecular weight excluding hydrogens is 258 g/mol. The molecule has 1 aromatic rings. The van der Waals surface area contributed by atoms with E-state index >= 15 is 0 Å². The van der Waals surface area contributed by atoms with Crippen molar-refractivity contribution in [2.24, 2.45) is 0 Å². The van der Waals surface area contributed by atoms with Gasteiger partial charge in [0.25, 0.3) is 0 Å². The van der Waals surface area contributed by atoms with Gasteiger partial charge in [0.2, 0.25) is 6.41 Å². The highest BCUT2D eigenvalue weighted by Gasteiger charge is 2.28. The number of carbonyl (C=O) groups excluding carboxylic acids is 3. The van der Waals surface area contributed by atoms with Crippen LogP contribution in [0.5, 0.6) is 0 Å². The number of hydrogen-bond donors (Lipinski definition) is 0. The predicted molar refractivity (Wildman–Crippen MR) is 74.1 cm³/mol. The highest BCUT2D eigenvalue weighted by atomic mass is 16.2. The first-order chi connectivity index (χ1) is 9.63. The second-order valence-corrected chi connectivity index (χ2v) is 4.63. The third kappa shape index (κ3) is 2.96. The van der Waals surface area contributed by atoms with Crippen molar-refractivity contribution in [1.29, 1.82) is 0 Å². The first kappa shape index (κ1) is 14.0. The van der Waals surface area contributed by atoms with E-state index in [1.165, 1.54) is 9.80 Å². The summed E-state index contributed by atoms with van der Waals surface area (Å²) in [5.74, 6) is -1.09. The average molecular weight is 275 g/mol. The summed E-state index contributed by atoms with van der Waals surface area (Å²) >= 11 is 0. The van der Waals surface area contributed by atoms with E-state index in [-0.39, 0.29) is 0 Å². The minimum atomic E-state index is -0.559. The van der Waals surface area contributed by atoms with Crippen LogP contribution in [0.3, 0.4) is 0 Å². The lowest BCUT2D eigenvalue weighted by molar-refractivity contribution is -0.146. The molecule has 1 saturated heterocycles. The van der Waals surface area contributed by atoms with E-state index in [4.69, 9.17) is 0 Å². The van der Waals surface area contributed by atoms with Gasteiger partial charge in [-0.25, -0.2) is 0 Å². The highest BCUT2D eigenvalue weighted by molar-refractivity contribution is 6.40. The van der Waals surface area contributed by atoms with E-state index in [0.29, 0.717) is 31.9 Å². The monoisotopic (exact) mass is 275 g/mol. The molecule has 0 aliphatic carbocycles. The molecular formula is C14H17N3O3. The maximum absolute atomic E-state index is 12.1. The molecule has 0 unspecified atom stereocenters. The SMILES string of the molecule is CN(C(=O)C(=O)N1CCN(C=O)CC1)c1ccccc1. The number of benzene rings is 1. The molecule has 20 heavy (non-hydrogen) atoms. The topological polar surface area (TPSA) is 60.9 Å². The first-order valence-corrected chi connectivity index (χ1v) is 6.45. The van der Waals surface area contributed by atoms with Gasteiger partial charge in [-0.15, -0.1) is 0 Å². The van der Waals surface area contributed by atoms with Gasteiger partial charge in [-0.05, 0) is 12.1 Å². The fraction of sp³-hybridized carbons (Fsp3) is 0.357. The summed E-state index contributed by atoms with van der Waals surface area (Å²) in [5, 5.41) is 0. The van der Waals surface area contributed by atoms with Crippen molar-refractivity contribution in [1.82, 2.24) is 9.80 Å². The van der Waals surface area contributed by atoms with Crippen LogP contribution >= 0.6 is 0 Å². The summed E-state index contributed by atoms with van der Waals surface area (Å²) in [7, 11) is 1.58. The molecule has 1 heterocycles. The normalized spacial score (nSPS) is 14.8. The molecule has 0 saturated carbocycles. The van der Waals surface area contributed by atoms with Gasteiger partial charge in [-0.1, -0.05) is 18.2 Å². The van der Waals surface area contributed by atoms with Crippen molar-refractivity contribution in [3.05, 3.63) is 30.3 Å². The molecule has 1 aliphatic rings. The number of para-hydroxylation sites is 1. The summed E-state index contributed by atoms with van der Waals surface area (Å²) in [5.41, 5.74) is 0.678. The number of carbonyl (C=O) groups is 3. The number of likely N-dealkylation sites (N-methyl/N-ethyl adjacent to an activating group) is 1. The van der Waals surface area contributed by atoms with Gasteiger partial charge >= 0.3 is 11.8 Å². The Labute approximate surface area is 117 Å². The van der Waals surface area contributed by atoms with Gasteiger partial charge in [0.1, 0.15) is 0 Å². The smallest absolute Gasteiger partial charge is 0.316 e. The Hall–Kier alpha value is -2.37. The van der Waals surface area contributed by atoms with Crippen LogP contribution in [0.25, 0.3) is 0 Å². The lowest BCUT2D eigenvalue weighted by Gasteiger charge is -2.32. The lowest BCUT2D eigenvalue weighted by atomic mass is 10.2. The van der Waals surface area contributed by atoms with Crippen LogP contribution in [-0.4, -0.2) is 61.3 Å². The van der Waals surface area contributed by atoms with Gasteiger partial charge in [0.05, 0.1) is 0 Å². The Balaban J connectivity index is 1.99. The van der Waals surface area contributed by atoms with Crippen molar-refractivity contribution in [2.45, 2.75) is 0 Å². The molecule has 0 atom stereocenters. The van der Waals surface area contributed by atoms with Crippen molar-refractivity contribution >= 4 is 23.9 Å². The van der Waals surface area contributed by atoms with Crippen LogP contribution < -0.4 is 4.90 Å². The molecule has 2 rings (SSSR count). The second-order valence-electron chi connectivity index (χ2n) is 4.63. The van der Waals surface area contributed by atoms with E-state index < -0.39 is 11.8 Å². The van der Waals surface area contributed by atoms with Crippen LogP contribution in [0, 0.1) is 0 Å². The minimum absolute atomic E-state index is 0.395. The number of amides is 3. The van der Waals surface area contributed by atoms with Crippen LogP contribution in [-0.2, 0) is 14.4 Å². The standard InChI is InChI=1S/C14H17N3O3/c1-15(12-5-3-2-4-6-12)13(19)14(20)17-9-7-16(11-18)8-10-17/h2-6,11H,7-10H2,1H3. The predicted octanol–water partition coefficient (Wildman–Crippen LogP) is -0.0500. The minimum Gasteiger partial charge on any atom is -0.342 e. The van der Waals surface area contributed by atoms with E-state index in [9.17, 15) is 14.4 Å². The molecule has 0 radical (unpaired) electrons. The first-order valence-electron chi connectivity index (χ1n) is 6.45. The van der Waals surface area contributed by atoms with Crippen LogP contribution in [0.15, 0.2) is 30.3 Å². The second kappa shape index (κ2) is 6.18.